The molecule has 0 aliphatic carbocycles. The first-order chi connectivity index (χ1) is 55.3. The van der Waals surface area contributed by atoms with Gasteiger partial charge in [-0.3, -0.25) is 33.0 Å². The molecule has 0 bridgehead atoms. The Morgan fingerprint density at radius 1 is 0.647 bits per heavy atom. The number of anilines is 1. The SMILES string of the molecule is CCN1C(=CC=CC=CC2=[N+](CCCCCC(=O)CCCOCCOCCOCCOCCOCCOCCOCCOCCOCCOCCOCCOCCOCC(=O)NCC#Cc3cn(C4CC(O)C(COP(=O)(O)OP(=O)(O)OP(=O)(O)O)O4)c(=O)[nH]c3=O)c3ccc(S(=O)(=O)O)cc3C2(C)C)C(C)(C)c2cc(C)ccc21. The number of phosphoric acid groups is 3. The van der Waals surface area contributed by atoms with E-state index in [0.717, 1.165) is 53.5 Å². The largest absolute Gasteiger partial charge is 0.490 e. The van der Waals surface area contributed by atoms with Gasteiger partial charge in [-0.1, -0.05) is 61.6 Å². The van der Waals surface area contributed by atoms with Crippen LogP contribution in [0.4, 0.5) is 11.4 Å². The molecule has 41 heteroatoms. The van der Waals surface area contributed by atoms with E-state index in [0.29, 0.717) is 171 Å². The maximum absolute atomic E-state index is 12.8. The summed E-state index contributed by atoms with van der Waals surface area (Å²) in [6, 6.07) is 11.5. The Kier molecular flexibility index (Phi) is 44.2. The van der Waals surface area contributed by atoms with E-state index in [-0.39, 0.29) is 61.1 Å². The van der Waals surface area contributed by atoms with Crippen molar-refractivity contribution in [2.24, 2.45) is 0 Å². The van der Waals surface area contributed by atoms with Crippen LogP contribution in [0.15, 0.2) is 93.2 Å². The number of H-pyrrole nitrogens is 1. The summed E-state index contributed by atoms with van der Waals surface area (Å²) in [6.45, 7) is 22.6. The fourth-order valence-electron chi connectivity index (χ4n) is 12.2. The van der Waals surface area contributed by atoms with Gasteiger partial charge in [0.2, 0.25) is 11.6 Å². The van der Waals surface area contributed by atoms with Crippen LogP contribution in [0, 0.1) is 18.8 Å². The van der Waals surface area contributed by atoms with Gasteiger partial charge in [0, 0.05) is 79.5 Å². The number of aromatic nitrogens is 2. The molecule has 5 atom stereocenters. The minimum absolute atomic E-state index is 0.105. The molecule has 116 heavy (non-hydrogen) atoms. The van der Waals surface area contributed by atoms with E-state index in [1.54, 1.807) is 12.1 Å². The topological polar surface area (TPSA) is 471 Å². The zero-order valence-corrected chi connectivity index (χ0v) is 70.2. The van der Waals surface area contributed by atoms with Gasteiger partial charge in [-0.15, -0.1) is 0 Å². The number of ketones is 1. The summed E-state index contributed by atoms with van der Waals surface area (Å²) < 4.78 is 161. The molecule has 0 spiro atoms. The number of aromatic amines is 1. The molecular formula is C75H115N5O32P3S+. The third-order valence-corrected chi connectivity index (χ3v) is 22.6. The Labute approximate surface area is 676 Å². The normalized spacial score (nSPS) is 18.0. The van der Waals surface area contributed by atoms with Crippen molar-refractivity contribution in [2.45, 2.75) is 121 Å². The molecule has 1 aromatic heterocycles. The van der Waals surface area contributed by atoms with Crippen LogP contribution < -0.4 is 21.5 Å². The van der Waals surface area contributed by atoms with Gasteiger partial charge in [-0.05, 0) is 76.8 Å². The standard InChI is InChI=1S/C75H114N5O32P3S/c1-7-78-64-23-21-58(2)52-62(64)74(3,4)68(78)19-11-8-12-20-69-75(5,6)63-53-61(116(93,94)95)22-24-65(63)79(69)26-13-9-10-17-60(81)18-15-27-96-28-29-97-30-31-98-32-33-99-34-35-100-36-37-101-38-39-102-40-41-103-42-43-104-44-45-105-46-47-106-48-49-107-50-51-108-57-70(83)76-25-14-16-59-55-80(73(85)77-72(59)84)71-54-66(82)67(110-71)56-109-114(89,90)112-115(91,92)111-113(86,87)88/h8,11-12,19-24,52-53,55,66-67,71,82H,7,9-10,13,15,17-18,25-51,54,56-57H2,1-6H3,(H6-,76,77,83,84,85,86,87,88,89,90,91,92,93,94,95)/p+1. The van der Waals surface area contributed by atoms with Crippen LogP contribution in [0.25, 0.3) is 0 Å². The van der Waals surface area contributed by atoms with Gasteiger partial charge >= 0.3 is 29.2 Å². The molecule has 6 rings (SSSR count). The minimum atomic E-state index is -5.79. The quantitative estimate of drug-likeness (QED) is 0.00855. The first-order valence-corrected chi connectivity index (χ1v) is 44.3. The first kappa shape index (κ1) is 99.0. The number of carbonyl (C=O) groups excluding carboxylic acids is 2. The van der Waals surface area contributed by atoms with Crippen LogP contribution in [0.3, 0.4) is 0 Å². The molecule has 1 amide bonds. The van der Waals surface area contributed by atoms with Gasteiger partial charge in [-0.2, -0.15) is 21.6 Å². The summed E-state index contributed by atoms with van der Waals surface area (Å²) in [4.78, 5) is 90.5. The fraction of sp³-hybridized carbons (Fsp3) is 0.640. The molecule has 1 saturated heterocycles. The predicted octanol–water partition coefficient (Wildman–Crippen LogP) is 5.57. The molecule has 3 aromatic rings. The van der Waals surface area contributed by atoms with Gasteiger partial charge in [0.25, 0.3) is 15.7 Å². The number of aliphatic hydroxyl groups is 1. The molecule has 37 nitrogen and oxygen atoms in total. The van der Waals surface area contributed by atoms with E-state index >= 15 is 0 Å². The summed E-state index contributed by atoms with van der Waals surface area (Å²) in [7, 11) is -21.3. The third-order valence-electron chi connectivity index (χ3n) is 17.9. The van der Waals surface area contributed by atoms with Crippen LogP contribution >= 0.6 is 23.5 Å². The average Bonchev–Trinajstić information content (AvgIpc) is 1.60. The second-order valence-electron chi connectivity index (χ2n) is 27.5. The summed E-state index contributed by atoms with van der Waals surface area (Å²) in [5.74, 6) is 4.73. The highest BCUT2D eigenvalue weighted by molar-refractivity contribution is 7.85. The van der Waals surface area contributed by atoms with Crippen LogP contribution in [0.5, 0.6) is 0 Å². The van der Waals surface area contributed by atoms with Crippen LogP contribution in [-0.2, 0) is 124 Å². The highest BCUT2D eigenvalue weighted by Crippen LogP contribution is 2.66. The zero-order valence-electron chi connectivity index (χ0n) is 66.7. The van der Waals surface area contributed by atoms with E-state index in [1.807, 2.05) is 17.1 Å². The number of unbranched alkanes of at least 4 members (excludes halogenated alkanes) is 2. The molecule has 0 radical (unpaired) electrons. The number of hydrogen-bond acceptors (Lipinski definition) is 28. The lowest BCUT2D eigenvalue weighted by Crippen LogP contribution is -2.34. The lowest BCUT2D eigenvalue weighted by atomic mass is 9.81. The molecule has 652 valence electrons. The number of nitrogens with one attached hydrogen (secondary N) is 2. The number of rotatable bonds is 62. The lowest BCUT2D eigenvalue weighted by molar-refractivity contribution is -0.438. The molecule has 3 aliphatic rings. The third kappa shape index (κ3) is 36.3. The molecular weight excluding hydrogens is 1610 g/mol. The maximum atomic E-state index is 12.8. The van der Waals surface area contributed by atoms with Gasteiger partial charge in [-0.25, -0.2) is 18.5 Å². The first-order valence-electron chi connectivity index (χ1n) is 38.3. The minimum Gasteiger partial charge on any atom is -0.390 e. The number of benzene rings is 2. The molecule has 4 heterocycles. The number of ether oxygens (including phenoxy) is 14. The van der Waals surface area contributed by atoms with E-state index < -0.39 is 81.2 Å². The number of carbonyl (C=O) groups is 2. The summed E-state index contributed by atoms with van der Waals surface area (Å²) >= 11 is 0. The number of fused-ring (bicyclic) bond motifs is 2. The van der Waals surface area contributed by atoms with E-state index in [1.165, 1.54) is 28.6 Å². The Hall–Kier alpha value is -5.77. The Bertz CT molecular complexity index is 4140. The monoisotopic (exact) mass is 1720 g/mol. The van der Waals surface area contributed by atoms with Gasteiger partial charge < -0.3 is 101 Å². The van der Waals surface area contributed by atoms with Crippen molar-refractivity contribution >= 4 is 62.4 Å². The number of aryl methyl sites for hydroxylation is 1. The zero-order chi connectivity index (χ0) is 84.5. The average molecular weight is 1720 g/mol. The van der Waals surface area contributed by atoms with Gasteiger partial charge in [0.1, 0.15) is 36.8 Å². The van der Waals surface area contributed by atoms with Crippen LogP contribution in [0.1, 0.15) is 108 Å². The van der Waals surface area contributed by atoms with Crippen molar-refractivity contribution in [3.05, 3.63) is 122 Å². The van der Waals surface area contributed by atoms with Crippen molar-refractivity contribution in [1.29, 1.82) is 0 Å². The molecule has 0 saturated carbocycles. The number of phosphoric ester groups is 1. The molecule has 1 fully saturated rings. The summed E-state index contributed by atoms with van der Waals surface area (Å²) in [5, 5.41) is 12.9. The lowest BCUT2D eigenvalue weighted by Gasteiger charge is -2.25. The predicted molar refractivity (Wildman–Crippen MR) is 422 cm³/mol. The number of aliphatic hydroxyl groups excluding tert-OH is 1. The number of hydrogen-bond donors (Lipinski definition) is 8. The number of amides is 1. The van der Waals surface area contributed by atoms with E-state index in [4.69, 9.17) is 76.1 Å². The maximum Gasteiger partial charge on any atom is 0.490 e. The molecule has 5 unspecified atom stereocenters. The van der Waals surface area contributed by atoms with E-state index in [9.17, 15) is 60.7 Å². The number of Topliss-reactive ketones (excluding diaryl/α,β-unsaturated/α-hetero) is 1. The van der Waals surface area contributed by atoms with Gasteiger partial charge in [0.15, 0.2) is 5.71 Å². The smallest absolute Gasteiger partial charge is 0.390 e. The Morgan fingerprint density at radius 2 is 1.16 bits per heavy atom. The fourth-order valence-corrected chi connectivity index (χ4v) is 15.8. The second-order valence-corrected chi connectivity index (χ2v) is 33.3. The Morgan fingerprint density at radius 3 is 1.68 bits per heavy atom. The number of nitrogens with zero attached hydrogens (tertiary/aromatic N) is 3. The van der Waals surface area contributed by atoms with Crippen molar-refractivity contribution < 1.29 is 145 Å². The summed E-state index contributed by atoms with van der Waals surface area (Å²) in [5.41, 5.74) is 4.98. The van der Waals surface area contributed by atoms with Crippen LogP contribution in [-0.4, -0.2) is 279 Å². The highest BCUT2D eigenvalue weighted by atomic mass is 32.2. The second kappa shape index (κ2) is 51.8. The molecule has 3 aliphatic heterocycles. The van der Waals surface area contributed by atoms with Crippen molar-refractivity contribution in [3.63, 3.8) is 0 Å². The van der Waals surface area contributed by atoms with Crippen molar-refractivity contribution in [1.82, 2.24) is 14.9 Å². The highest BCUT2D eigenvalue weighted by Gasteiger charge is 2.46. The van der Waals surface area contributed by atoms with E-state index in [2.05, 4.69) is 118 Å². The number of allylic oxidation sites excluding steroid dienone is 6. The van der Waals surface area contributed by atoms with Crippen molar-refractivity contribution in [2.75, 3.05) is 203 Å². The summed E-state index contributed by atoms with van der Waals surface area (Å²) in [6.07, 6.45) is 10.9. The number of likely N-dealkylation sites (N-methyl/N-ethyl adjacent to an activating group) is 1. The van der Waals surface area contributed by atoms with Crippen LogP contribution in [0.2, 0.25) is 0 Å². The Balaban J connectivity index is 0.636. The van der Waals surface area contributed by atoms with Gasteiger partial charge in [0.05, 0.1) is 188 Å². The molecule has 2 aromatic carbocycles. The van der Waals surface area contributed by atoms with Crippen molar-refractivity contribution in [3.8, 4) is 11.8 Å². The molecule has 8 N–H and O–H groups in total.